The number of hydrogen-bond donors (Lipinski definition) is 0. The SMILES string of the molecule is CC1=CN(C)CC1(C)C. The highest BCUT2D eigenvalue weighted by molar-refractivity contribution is 5.14. The van der Waals surface area contributed by atoms with Gasteiger partial charge in [-0.25, -0.2) is 0 Å². The Morgan fingerprint density at radius 3 is 2.22 bits per heavy atom. The van der Waals surface area contributed by atoms with Crippen LogP contribution >= 0.6 is 0 Å². The van der Waals surface area contributed by atoms with Gasteiger partial charge in [-0.05, 0) is 13.1 Å². The molecule has 0 bridgehead atoms. The van der Waals surface area contributed by atoms with Crippen molar-refractivity contribution in [1.82, 2.24) is 4.90 Å². The van der Waals surface area contributed by atoms with Crippen molar-refractivity contribution < 1.29 is 0 Å². The lowest BCUT2D eigenvalue weighted by Crippen LogP contribution is -2.20. The molecule has 1 aliphatic rings. The van der Waals surface area contributed by atoms with Gasteiger partial charge in [-0.2, -0.15) is 0 Å². The Labute approximate surface area is 57.4 Å². The lowest BCUT2D eigenvalue weighted by molar-refractivity contribution is 0.354. The standard InChI is InChI=1S/C8H15N/c1-7-5-9(4)6-8(7,2)3/h5H,6H2,1-4H3. The molecule has 0 N–H and O–H groups in total. The van der Waals surface area contributed by atoms with Crippen LogP contribution in [0.25, 0.3) is 0 Å². The summed E-state index contributed by atoms with van der Waals surface area (Å²) in [6.07, 6.45) is 2.22. The number of hydrogen-bond acceptors (Lipinski definition) is 1. The normalized spacial score (nSPS) is 24.4. The highest BCUT2D eigenvalue weighted by atomic mass is 15.1. The van der Waals surface area contributed by atoms with Crippen molar-refractivity contribution in [1.29, 1.82) is 0 Å². The van der Waals surface area contributed by atoms with Crippen LogP contribution in [-0.4, -0.2) is 18.5 Å². The fraction of sp³-hybridized carbons (Fsp3) is 0.750. The van der Waals surface area contributed by atoms with Gasteiger partial charge in [0.05, 0.1) is 0 Å². The molecule has 1 heterocycles. The summed E-state index contributed by atoms with van der Waals surface area (Å²) in [6, 6.07) is 0. The van der Waals surface area contributed by atoms with Crippen molar-refractivity contribution in [3.63, 3.8) is 0 Å². The Kier molecular flexibility index (Phi) is 1.30. The summed E-state index contributed by atoms with van der Waals surface area (Å²) in [5.74, 6) is 0. The molecule has 9 heavy (non-hydrogen) atoms. The highest BCUT2D eigenvalue weighted by Crippen LogP contribution is 2.31. The van der Waals surface area contributed by atoms with Gasteiger partial charge in [0.1, 0.15) is 0 Å². The van der Waals surface area contributed by atoms with E-state index in [4.69, 9.17) is 0 Å². The minimum Gasteiger partial charge on any atom is -0.380 e. The molecule has 1 aliphatic heterocycles. The predicted molar refractivity (Wildman–Crippen MR) is 40.2 cm³/mol. The van der Waals surface area contributed by atoms with Gasteiger partial charge in [0, 0.05) is 19.0 Å². The fourth-order valence-electron chi connectivity index (χ4n) is 1.30. The van der Waals surface area contributed by atoms with Crippen LogP contribution < -0.4 is 0 Å². The molecule has 0 aromatic carbocycles. The molecule has 0 aromatic rings. The Hall–Kier alpha value is -0.460. The molecule has 0 radical (unpaired) electrons. The Balaban J connectivity index is 2.76. The van der Waals surface area contributed by atoms with Crippen LogP contribution in [0.4, 0.5) is 0 Å². The topological polar surface area (TPSA) is 3.24 Å². The van der Waals surface area contributed by atoms with Crippen LogP contribution in [0.3, 0.4) is 0 Å². The molecule has 0 amide bonds. The van der Waals surface area contributed by atoms with E-state index in [-0.39, 0.29) is 0 Å². The van der Waals surface area contributed by atoms with Gasteiger partial charge in [-0.15, -0.1) is 0 Å². The predicted octanol–water partition coefficient (Wildman–Crippen LogP) is 1.86. The first-order chi connectivity index (χ1) is 4.02. The first kappa shape index (κ1) is 6.66. The third-order valence-corrected chi connectivity index (χ3v) is 2.13. The summed E-state index contributed by atoms with van der Waals surface area (Å²) >= 11 is 0. The van der Waals surface area contributed by atoms with Crippen molar-refractivity contribution in [2.75, 3.05) is 13.6 Å². The second-order valence-corrected chi connectivity index (χ2v) is 3.61. The minimum absolute atomic E-state index is 0.411. The molecule has 0 fully saturated rings. The molecule has 0 aromatic heterocycles. The minimum atomic E-state index is 0.411. The fourth-order valence-corrected chi connectivity index (χ4v) is 1.30. The lowest BCUT2D eigenvalue weighted by Gasteiger charge is -2.20. The Morgan fingerprint density at radius 1 is 1.56 bits per heavy atom. The lowest BCUT2D eigenvalue weighted by atomic mass is 9.88. The maximum absolute atomic E-state index is 2.28. The van der Waals surface area contributed by atoms with Gasteiger partial charge >= 0.3 is 0 Å². The molecular weight excluding hydrogens is 110 g/mol. The number of nitrogens with zero attached hydrogens (tertiary/aromatic N) is 1. The van der Waals surface area contributed by atoms with Crippen LogP contribution in [0.1, 0.15) is 20.8 Å². The van der Waals surface area contributed by atoms with Gasteiger partial charge in [0.15, 0.2) is 0 Å². The van der Waals surface area contributed by atoms with E-state index in [2.05, 4.69) is 38.9 Å². The van der Waals surface area contributed by atoms with E-state index >= 15 is 0 Å². The Morgan fingerprint density at radius 2 is 2.11 bits per heavy atom. The van der Waals surface area contributed by atoms with E-state index in [1.807, 2.05) is 0 Å². The number of rotatable bonds is 0. The summed E-state index contributed by atoms with van der Waals surface area (Å²) in [4.78, 5) is 2.25. The molecule has 0 saturated heterocycles. The molecule has 0 atom stereocenters. The zero-order valence-electron chi connectivity index (χ0n) is 6.73. The third-order valence-electron chi connectivity index (χ3n) is 2.13. The average Bonchev–Trinajstić information content (AvgIpc) is 1.79. The third kappa shape index (κ3) is 1.09. The van der Waals surface area contributed by atoms with Crippen molar-refractivity contribution in [3.8, 4) is 0 Å². The molecule has 0 spiro atoms. The van der Waals surface area contributed by atoms with Gasteiger partial charge < -0.3 is 4.90 Å². The van der Waals surface area contributed by atoms with E-state index in [1.54, 1.807) is 0 Å². The summed E-state index contributed by atoms with van der Waals surface area (Å²) in [7, 11) is 2.12. The van der Waals surface area contributed by atoms with E-state index in [9.17, 15) is 0 Å². The largest absolute Gasteiger partial charge is 0.380 e. The van der Waals surface area contributed by atoms with Crippen LogP contribution in [-0.2, 0) is 0 Å². The summed E-state index contributed by atoms with van der Waals surface area (Å²) in [5.41, 5.74) is 1.90. The van der Waals surface area contributed by atoms with Gasteiger partial charge in [0.25, 0.3) is 0 Å². The summed E-state index contributed by atoms with van der Waals surface area (Å²) in [5, 5.41) is 0. The van der Waals surface area contributed by atoms with E-state index in [1.165, 1.54) is 12.1 Å². The van der Waals surface area contributed by atoms with Crippen LogP contribution in [0.15, 0.2) is 11.8 Å². The van der Waals surface area contributed by atoms with Crippen LogP contribution in [0.5, 0.6) is 0 Å². The van der Waals surface area contributed by atoms with E-state index < -0.39 is 0 Å². The van der Waals surface area contributed by atoms with Crippen LogP contribution in [0.2, 0.25) is 0 Å². The molecule has 1 rings (SSSR count). The first-order valence-corrected chi connectivity index (χ1v) is 3.41. The molecular formula is C8H15N. The smallest absolute Gasteiger partial charge is 0.0258 e. The molecule has 52 valence electrons. The van der Waals surface area contributed by atoms with Crippen molar-refractivity contribution in [3.05, 3.63) is 11.8 Å². The maximum atomic E-state index is 2.28. The van der Waals surface area contributed by atoms with Gasteiger partial charge in [0.2, 0.25) is 0 Å². The van der Waals surface area contributed by atoms with Crippen molar-refractivity contribution in [2.45, 2.75) is 20.8 Å². The molecule has 1 nitrogen and oxygen atoms in total. The van der Waals surface area contributed by atoms with E-state index in [0.29, 0.717) is 5.41 Å². The summed E-state index contributed by atoms with van der Waals surface area (Å²) in [6.45, 7) is 7.92. The molecule has 1 heteroatoms. The zero-order chi connectivity index (χ0) is 7.07. The molecule has 0 saturated carbocycles. The second-order valence-electron chi connectivity index (χ2n) is 3.61. The molecule has 0 aliphatic carbocycles. The van der Waals surface area contributed by atoms with Gasteiger partial charge in [-0.3, -0.25) is 0 Å². The van der Waals surface area contributed by atoms with E-state index in [0.717, 1.165) is 0 Å². The monoisotopic (exact) mass is 125 g/mol. The maximum Gasteiger partial charge on any atom is 0.0258 e. The molecule has 0 unspecified atom stereocenters. The van der Waals surface area contributed by atoms with Gasteiger partial charge in [-0.1, -0.05) is 19.4 Å². The second kappa shape index (κ2) is 1.76. The summed E-state index contributed by atoms with van der Waals surface area (Å²) < 4.78 is 0. The zero-order valence-corrected chi connectivity index (χ0v) is 6.73. The first-order valence-electron chi connectivity index (χ1n) is 3.41. The highest BCUT2D eigenvalue weighted by Gasteiger charge is 2.26. The Bertz CT molecular complexity index is 145. The quantitative estimate of drug-likeness (QED) is 0.477. The van der Waals surface area contributed by atoms with Crippen molar-refractivity contribution >= 4 is 0 Å². The average molecular weight is 125 g/mol. The van der Waals surface area contributed by atoms with Crippen molar-refractivity contribution in [2.24, 2.45) is 5.41 Å². The van der Waals surface area contributed by atoms with Crippen LogP contribution in [0, 0.1) is 5.41 Å².